The average molecular weight is 442 g/mol. The molecule has 1 heterocycles. The third-order valence-corrected chi connectivity index (χ3v) is 6.49. The lowest BCUT2D eigenvalue weighted by Gasteiger charge is -2.37. The number of hydrogen-bond donors (Lipinski definition) is 1. The minimum absolute atomic E-state index is 0.149. The number of rotatable bonds is 11. The third-order valence-electron chi connectivity index (χ3n) is 6.22. The van der Waals surface area contributed by atoms with Crippen LogP contribution < -0.4 is 5.32 Å². The molecule has 0 atom stereocenters. The number of nitrogens with one attached hydrogen (secondary N) is 1. The number of carbonyl (C=O) groups is 1. The van der Waals surface area contributed by atoms with E-state index in [1.165, 1.54) is 5.56 Å². The molecule has 31 heavy (non-hydrogen) atoms. The quantitative estimate of drug-likeness (QED) is 0.380. The summed E-state index contributed by atoms with van der Waals surface area (Å²) < 4.78 is 0. The van der Waals surface area contributed by atoms with E-state index in [2.05, 4.69) is 47.6 Å². The predicted molar refractivity (Wildman–Crippen MR) is 131 cm³/mol. The lowest BCUT2D eigenvalue weighted by Crippen LogP contribution is -2.46. The Morgan fingerprint density at radius 1 is 1.06 bits per heavy atom. The number of amides is 1. The third kappa shape index (κ3) is 7.55. The van der Waals surface area contributed by atoms with Crippen molar-refractivity contribution >= 4 is 23.2 Å². The molecular formula is C26H36ClN3O. The van der Waals surface area contributed by atoms with E-state index >= 15 is 0 Å². The standard InChI is InChI=1S/C26H36ClN3O/c1-29(18-13-22-9-4-2-5-10-22)25-14-19-30(20-15-25)26(31)23-11-8-12-24(21-23)28-17-7-3-6-16-27/h2,4-5,8-12,21,25,28H,3,6-7,13-20H2,1H3. The first kappa shape index (κ1) is 23.6. The number of halogens is 1. The molecule has 2 aromatic rings. The van der Waals surface area contributed by atoms with Crippen LogP contribution >= 0.6 is 11.6 Å². The molecule has 0 bridgehead atoms. The van der Waals surface area contributed by atoms with Gasteiger partial charge in [0.05, 0.1) is 0 Å². The zero-order chi connectivity index (χ0) is 21.9. The molecule has 3 rings (SSSR count). The summed E-state index contributed by atoms with van der Waals surface area (Å²) in [4.78, 5) is 17.5. The molecule has 0 saturated carbocycles. The van der Waals surface area contributed by atoms with E-state index in [-0.39, 0.29) is 5.91 Å². The van der Waals surface area contributed by atoms with Gasteiger partial charge in [-0.25, -0.2) is 0 Å². The van der Waals surface area contributed by atoms with Crippen molar-refractivity contribution in [3.63, 3.8) is 0 Å². The van der Waals surface area contributed by atoms with E-state index in [1.807, 2.05) is 29.2 Å². The summed E-state index contributed by atoms with van der Waals surface area (Å²) >= 11 is 5.73. The van der Waals surface area contributed by atoms with Gasteiger partial charge in [-0.2, -0.15) is 0 Å². The number of carbonyl (C=O) groups excluding carboxylic acids is 1. The Balaban J connectivity index is 1.43. The highest BCUT2D eigenvalue weighted by atomic mass is 35.5. The van der Waals surface area contributed by atoms with Crippen LogP contribution in [0.15, 0.2) is 54.6 Å². The van der Waals surface area contributed by atoms with Crippen LogP contribution in [-0.4, -0.2) is 60.9 Å². The maximum atomic E-state index is 13.0. The van der Waals surface area contributed by atoms with E-state index < -0.39 is 0 Å². The maximum Gasteiger partial charge on any atom is 0.253 e. The van der Waals surface area contributed by atoms with Gasteiger partial charge >= 0.3 is 0 Å². The summed E-state index contributed by atoms with van der Waals surface area (Å²) in [6.07, 6.45) is 6.42. The van der Waals surface area contributed by atoms with E-state index in [1.54, 1.807) is 0 Å². The van der Waals surface area contributed by atoms with Crippen LogP contribution in [0.4, 0.5) is 5.69 Å². The number of likely N-dealkylation sites (tertiary alicyclic amines) is 1. The Morgan fingerprint density at radius 2 is 1.84 bits per heavy atom. The topological polar surface area (TPSA) is 35.6 Å². The predicted octanol–water partition coefficient (Wildman–Crippen LogP) is 5.29. The largest absolute Gasteiger partial charge is 0.385 e. The molecule has 1 saturated heterocycles. The zero-order valence-electron chi connectivity index (χ0n) is 18.7. The van der Waals surface area contributed by atoms with Crippen LogP contribution in [0.5, 0.6) is 0 Å². The molecule has 0 aliphatic carbocycles. The summed E-state index contributed by atoms with van der Waals surface area (Å²) in [5.74, 6) is 0.875. The number of nitrogens with zero attached hydrogens (tertiary/aromatic N) is 2. The van der Waals surface area contributed by atoms with Gasteiger partial charge in [-0.3, -0.25) is 4.79 Å². The first-order valence-electron chi connectivity index (χ1n) is 11.6. The van der Waals surface area contributed by atoms with Crippen molar-refractivity contribution in [2.45, 2.75) is 44.6 Å². The number of piperidine rings is 1. The minimum Gasteiger partial charge on any atom is -0.385 e. The van der Waals surface area contributed by atoms with Gasteiger partial charge in [-0.05, 0) is 62.9 Å². The van der Waals surface area contributed by atoms with Gasteiger partial charge in [0.15, 0.2) is 0 Å². The average Bonchev–Trinajstić information content (AvgIpc) is 2.83. The normalized spacial score (nSPS) is 14.7. The minimum atomic E-state index is 0.149. The van der Waals surface area contributed by atoms with Gasteiger partial charge in [0.1, 0.15) is 0 Å². The highest BCUT2D eigenvalue weighted by Gasteiger charge is 2.25. The SMILES string of the molecule is CN(CCc1ccccc1)C1CCN(C(=O)c2cccc(NCCCCCCl)c2)CC1. The van der Waals surface area contributed by atoms with Gasteiger partial charge in [0.25, 0.3) is 5.91 Å². The lowest BCUT2D eigenvalue weighted by molar-refractivity contribution is 0.0647. The van der Waals surface area contributed by atoms with Crippen LogP contribution in [-0.2, 0) is 6.42 Å². The summed E-state index contributed by atoms with van der Waals surface area (Å²) in [7, 11) is 2.22. The maximum absolute atomic E-state index is 13.0. The number of hydrogen-bond acceptors (Lipinski definition) is 3. The molecule has 4 nitrogen and oxygen atoms in total. The van der Waals surface area contributed by atoms with E-state index in [9.17, 15) is 4.79 Å². The molecule has 1 aliphatic heterocycles. The molecule has 0 radical (unpaired) electrons. The first-order valence-corrected chi connectivity index (χ1v) is 12.1. The van der Waals surface area contributed by atoms with E-state index in [4.69, 9.17) is 11.6 Å². The molecule has 1 fully saturated rings. The number of unbranched alkanes of at least 4 members (excludes halogenated alkanes) is 2. The Hall–Kier alpha value is -2.04. The molecule has 1 N–H and O–H groups in total. The molecule has 168 valence electrons. The van der Waals surface area contributed by atoms with Gasteiger partial charge in [-0.15, -0.1) is 11.6 Å². The monoisotopic (exact) mass is 441 g/mol. The van der Waals surface area contributed by atoms with Crippen molar-refractivity contribution in [3.8, 4) is 0 Å². The second kappa shape index (κ2) is 12.7. The van der Waals surface area contributed by atoms with Crippen LogP contribution in [0, 0.1) is 0 Å². The van der Waals surface area contributed by atoms with Crippen molar-refractivity contribution in [1.82, 2.24) is 9.80 Å². The van der Waals surface area contributed by atoms with Gasteiger partial charge in [0.2, 0.25) is 0 Å². The summed E-state index contributed by atoms with van der Waals surface area (Å²) in [6.45, 7) is 3.63. The van der Waals surface area contributed by atoms with Crippen molar-refractivity contribution in [1.29, 1.82) is 0 Å². The van der Waals surface area contributed by atoms with Gasteiger partial charge < -0.3 is 15.1 Å². The molecular weight excluding hydrogens is 406 g/mol. The molecule has 1 amide bonds. The van der Waals surface area contributed by atoms with E-state index in [0.717, 1.165) is 81.8 Å². The van der Waals surface area contributed by atoms with Crippen LogP contribution in [0.3, 0.4) is 0 Å². The van der Waals surface area contributed by atoms with Crippen molar-refractivity contribution in [3.05, 3.63) is 65.7 Å². The first-order chi connectivity index (χ1) is 15.2. The Bertz CT molecular complexity index is 790. The van der Waals surface area contributed by atoms with Crippen molar-refractivity contribution in [2.24, 2.45) is 0 Å². The second-order valence-corrected chi connectivity index (χ2v) is 8.87. The zero-order valence-corrected chi connectivity index (χ0v) is 19.5. The van der Waals surface area contributed by atoms with Crippen LogP contribution in [0.25, 0.3) is 0 Å². The Kier molecular flexibility index (Phi) is 9.70. The lowest BCUT2D eigenvalue weighted by atomic mass is 10.0. The fourth-order valence-electron chi connectivity index (χ4n) is 4.22. The number of benzene rings is 2. The summed E-state index contributed by atoms with van der Waals surface area (Å²) in [6, 6.07) is 19.1. The number of likely N-dealkylation sites (N-methyl/N-ethyl adjacent to an activating group) is 1. The van der Waals surface area contributed by atoms with E-state index in [0.29, 0.717) is 6.04 Å². The number of anilines is 1. The molecule has 5 heteroatoms. The summed E-state index contributed by atoms with van der Waals surface area (Å²) in [5, 5.41) is 3.43. The van der Waals surface area contributed by atoms with Crippen molar-refractivity contribution < 1.29 is 4.79 Å². The molecule has 0 unspecified atom stereocenters. The molecule has 1 aliphatic rings. The Morgan fingerprint density at radius 3 is 2.58 bits per heavy atom. The fraction of sp³-hybridized carbons (Fsp3) is 0.500. The smallest absolute Gasteiger partial charge is 0.253 e. The van der Waals surface area contributed by atoms with Crippen LogP contribution in [0.2, 0.25) is 0 Å². The summed E-state index contributed by atoms with van der Waals surface area (Å²) in [5.41, 5.74) is 3.18. The van der Waals surface area contributed by atoms with Crippen molar-refractivity contribution in [2.75, 3.05) is 44.4 Å². The number of alkyl halides is 1. The molecule has 2 aromatic carbocycles. The molecule has 0 aromatic heterocycles. The molecule has 0 spiro atoms. The van der Waals surface area contributed by atoms with Gasteiger partial charge in [0, 0.05) is 49.4 Å². The van der Waals surface area contributed by atoms with Crippen LogP contribution in [0.1, 0.15) is 48.0 Å². The highest BCUT2D eigenvalue weighted by molar-refractivity contribution is 6.17. The highest BCUT2D eigenvalue weighted by Crippen LogP contribution is 2.20. The fourth-order valence-corrected chi connectivity index (χ4v) is 4.41. The second-order valence-electron chi connectivity index (χ2n) is 8.50. The Labute approximate surface area is 192 Å². The van der Waals surface area contributed by atoms with Gasteiger partial charge in [-0.1, -0.05) is 42.8 Å².